The van der Waals surface area contributed by atoms with Crippen LogP contribution in [0.15, 0.2) is 34.4 Å². The van der Waals surface area contributed by atoms with Gasteiger partial charge < -0.3 is 5.32 Å². The zero-order valence-electron chi connectivity index (χ0n) is 9.30. The normalized spacial score (nSPS) is 14.4. The van der Waals surface area contributed by atoms with E-state index < -0.39 is 11.8 Å². The van der Waals surface area contributed by atoms with E-state index in [1.807, 2.05) is 0 Å². The topological polar surface area (TPSA) is 58.2 Å². The van der Waals surface area contributed by atoms with Gasteiger partial charge in [-0.3, -0.25) is 14.9 Å². The quantitative estimate of drug-likeness (QED) is 0.823. The van der Waals surface area contributed by atoms with Crippen molar-refractivity contribution in [3.05, 3.63) is 45.8 Å². The van der Waals surface area contributed by atoms with Crippen LogP contribution in [-0.2, 0) is 16.0 Å². The highest BCUT2D eigenvalue weighted by molar-refractivity contribution is 9.10. The number of hydrogen-bond donors (Lipinski definition) is 2. The van der Waals surface area contributed by atoms with Crippen LogP contribution < -0.4 is 10.6 Å². The van der Waals surface area contributed by atoms with E-state index in [1.165, 1.54) is 12.1 Å². The van der Waals surface area contributed by atoms with Gasteiger partial charge in [-0.1, -0.05) is 15.9 Å². The van der Waals surface area contributed by atoms with E-state index in [1.54, 1.807) is 12.1 Å². The summed E-state index contributed by atoms with van der Waals surface area (Å²) in [5.74, 6) is -1.17. The van der Waals surface area contributed by atoms with Crippen LogP contribution in [0.25, 0.3) is 0 Å². The van der Waals surface area contributed by atoms with Crippen LogP contribution in [0.1, 0.15) is 5.56 Å². The number of imide groups is 1. The summed E-state index contributed by atoms with van der Waals surface area (Å²) in [6, 6.07) is 4.69. The maximum atomic E-state index is 13.4. The molecule has 0 atom stereocenters. The lowest BCUT2D eigenvalue weighted by Gasteiger charge is -2.06. The predicted molar refractivity (Wildman–Crippen MR) is 67.0 cm³/mol. The largest absolute Gasteiger partial charge is 0.380 e. The van der Waals surface area contributed by atoms with Crippen molar-refractivity contribution in [2.75, 3.05) is 6.54 Å². The molecule has 2 amide bonds. The Hall–Kier alpha value is -1.69. The third kappa shape index (κ3) is 2.95. The molecule has 18 heavy (non-hydrogen) atoms. The average Bonchev–Trinajstić information content (AvgIpc) is 2.62. The van der Waals surface area contributed by atoms with Crippen molar-refractivity contribution in [2.24, 2.45) is 0 Å². The molecular formula is C12H10BrFN2O2. The van der Waals surface area contributed by atoms with E-state index in [2.05, 4.69) is 26.6 Å². The van der Waals surface area contributed by atoms with Crippen LogP contribution in [0.3, 0.4) is 0 Å². The minimum Gasteiger partial charge on any atom is -0.380 e. The Balaban J connectivity index is 1.93. The molecule has 0 aliphatic carbocycles. The Bertz CT molecular complexity index is 543. The number of benzene rings is 1. The molecule has 2 N–H and O–H groups in total. The number of halogens is 2. The zero-order valence-corrected chi connectivity index (χ0v) is 10.9. The molecule has 0 unspecified atom stereocenters. The number of nitrogens with one attached hydrogen (secondary N) is 2. The fourth-order valence-electron chi connectivity index (χ4n) is 1.61. The Morgan fingerprint density at radius 3 is 2.78 bits per heavy atom. The molecule has 1 aliphatic rings. The van der Waals surface area contributed by atoms with Gasteiger partial charge in [-0.25, -0.2) is 4.39 Å². The number of rotatable bonds is 4. The SMILES string of the molecule is O=C1C=C(NCCc2cc(Br)ccc2F)C(=O)N1. The summed E-state index contributed by atoms with van der Waals surface area (Å²) in [4.78, 5) is 22.1. The summed E-state index contributed by atoms with van der Waals surface area (Å²) < 4.78 is 14.2. The zero-order chi connectivity index (χ0) is 13.1. The lowest BCUT2D eigenvalue weighted by atomic mass is 10.1. The second-order valence-corrected chi connectivity index (χ2v) is 4.70. The third-order valence-electron chi connectivity index (χ3n) is 2.47. The molecule has 1 aromatic carbocycles. The van der Waals surface area contributed by atoms with E-state index in [-0.39, 0.29) is 11.5 Å². The Labute approximate surface area is 111 Å². The Kier molecular flexibility index (Phi) is 3.76. The molecule has 0 spiro atoms. The van der Waals surface area contributed by atoms with Crippen LogP contribution in [0.2, 0.25) is 0 Å². The fourth-order valence-corrected chi connectivity index (χ4v) is 2.02. The first kappa shape index (κ1) is 12.8. The summed E-state index contributed by atoms with van der Waals surface area (Å²) in [6.45, 7) is 0.375. The first-order valence-electron chi connectivity index (χ1n) is 5.31. The van der Waals surface area contributed by atoms with Crippen LogP contribution in [-0.4, -0.2) is 18.4 Å². The van der Waals surface area contributed by atoms with Crippen molar-refractivity contribution in [1.29, 1.82) is 0 Å². The number of hydrogen-bond acceptors (Lipinski definition) is 3. The molecule has 0 saturated heterocycles. The number of carbonyl (C=O) groups excluding carboxylic acids is 2. The molecule has 1 aliphatic heterocycles. The second kappa shape index (κ2) is 5.30. The standard InChI is InChI=1S/C12H10BrFN2O2/c13-8-1-2-9(14)7(5-8)3-4-15-10-6-11(17)16-12(10)18/h1-2,5-6H,3-4H2,(H2,15,16,17,18). The molecule has 0 bridgehead atoms. The fraction of sp³-hybridized carbons (Fsp3) is 0.167. The second-order valence-electron chi connectivity index (χ2n) is 3.79. The summed E-state index contributed by atoms with van der Waals surface area (Å²) >= 11 is 3.26. The van der Waals surface area contributed by atoms with Crippen molar-refractivity contribution in [1.82, 2.24) is 10.6 Å². The van der Waals surface area contributed by atoms with E-state index in [9.17, 15) is 14.0 Å². The molecule has 0 aromatic heterocycles. The molecule has 0 fully saturated rings. The molecular weight excluding hydrogens is 303 g/mol. The van der Waals surface area contributed by atoms with Crippen LogP contribution in [0, 0.1) is 5.82 Å². The van der Waals surface area contributed by atoms with Gasteiger partial charge in [0.1, 0.15) is 11.5 Å². The van der Waals surface area contributed by atoms with Gasteiger partial charge >= 0.3 is 0 Å². The molecule has 1 heterocycles. The van der Waals surface area contributed by atoms with Gasteiger partial charge in [0.2, 0.25) is 0 Å². The lowest BCUT2D eigenvalue weighted by Crippen LogP contribution is -2.28. The predicted octanol–water partition coefficient (Wildman–Crippen LogP) is 1.26. The van der Waals surface area contributed by atoms with Crippen molar-refractivity contribution < 1.29 is 14.0 Å². The molecule has 2 rings (SSSR count). The van der Waals surface area contributed by atoms with Crippen molar-refractivity contribution in [3.8, 4) is 0 Å². The first-order valence-corrected chi connectivity index (χ1v) is 6.10. The Morgan fingerprint density at radius 1 is 1.33 bits per heavy atom. The highest BCUT2D eigenvalue weighted by atomic mass is 79.9. The monoisotopic (exact) mass is 312 g/mol. The van der Waals surface area contributed by atoms with E-state index >= 15 is 0 Å². The van der Waals surface area contributed by atoms with Crippen LogP contribution >= 0.6 is 15.9 Å². The maximum Gasteiger partial charge on any atom is 0.274 e. The average molecular weight is 313 g/mol. The van der Waals surface area contributed by atoms with Gasteiger partial charge in [0.25, 0.3) is 11.8 Å². The summed E-state index contributed by atoms with van der Waals surface area (Å²) in [5.41, 5.74) is 0.762. The summed E-state index contributed by atoms with van der Waals surface area (Å²) in [6.07, 6.45) is 1.61. The molecule has 6 heteroatoms. The smallest absolute Gasteiger partial charge is 0.274 e. The van der Waals surface area contributed by atoms with Crippen molar-refractivity contribution in [2.45, 2.75) is 6.42 Å². The first-order chi connectivity index (χ1) is 8.56. The van der Waals surface area contributed by atoms with Crippen molar-refractivity contribution >= 4 is 27.7 Å². The van der Waals surface area contributed by atoms with E-state index in [4.69, 9.17) is 0 Å². The van der Waals surface area contributed by atoms with Gasteiger partial charge in [0.05, 0.1) is 0 Å². The number of carbonyl (C=O) groups is 2. The molecule has 1 aromatic rings. The highest BCUT2D eigenvalue weighted by Gasteiger charge is 2.19. The highest BCUT2D eigenvalue weighted by Crippen LogP contribution is 2.15. The van der Waals surface area contributed by atoms with Crippen molar-refractivity contribution in [3.63, 3.8) is 0 Å². The lowest BCUT2D eigenvalue weighted by molar-refractivity contribution is -0.124. The van der Waals surface area contributed by atoms with Gasteiger partial charge in [-0.15, -0.1) is 0 Å². The van der Waals surface area contributed by atoms with Gasteiger partial charge in [0.15, 0.2) is 0 Å². The van der Waals surface area contributed by atoms with Gasteiger partial charge in [-0.05, 0) is 30.2 Å². The van der Waals surface area contributed by atoms with Crippen LogP contribution in [0.5, 0.6) is 0 Å². The molecule has 94 valence electrons. The van der Waals surface area contributed by atoms with E-state index in [0.717, 1.165) is 4.47 Å². The maximum absolute atomic E-state index is 13.4. The number of amides is 2. The minimum absolute atomic E-state index is 0.218. The van der Waals surface area contributed by atoms with Gasteiger partial charge in [0, 0.05) is 17.1 Å². The third-order valence-corrected chi connectivity index (χ3v) is 2.97. The molecule has 0 radical (unpaired) electrons. The summed E-state index contributed by atoms with van der Waals surface area (Å²) in [7, 11) is 0. The minimum atomic E-state index is -0.449. The molecule has 4 nitrogen and oxygen atoms in total. The Morgan fingerprint density at radius 2 is 2.11 bits per heavy atom. The van der Waals surface area contributed by atoms with E-state index in [0.29, 0.717) is 18.5 Å². The summed E-state index contributed by atoms with van der Waals surface area (Å²) in [5, 5.41) is 4.92. The van der Waals surface area contributed by atoms with Crippen LogP contribution in [0.4, 0.5) is 4.39 Å². The molecule has 0 saturated carbocycles. The van der Waals surface area contributed by atoms with Gasteiger partial charge in [-0.2, -0.15) is 0 Å².